The monoisotopic (exact) mass is 409 g/mol. The first-order valence-electron chi connectivity index (χ1n) is 7.61. The first kappa shape index (κ1) is 18.8. The zero-order chi connectivity index (χ0) is 17.9. The topological polar surface area (TPSA) is 67.3 Å². The van der Waals surface area contributed by atoms with Crippen LogP contribution >= 0.6 is 27.3 Å². The maximum atomic E-state index is 12.3. The molecule has 0 radical (unpaired) electrons. The highest BCUT2D eigenvalue weighted by molar-refractivity contribution is 9.10. The molecule has 0 aliphatic heterocycles. The van der Waals surface area contributed by atoms with Crippen LogP contribution in [0.5, 0.6) is 0 Å². The summed E-state index contributed by atoms with van der Waals surface area (Å²) in [5.41, 5.74) is 1.23. The molecule has 0 aliphatic rings. The van der Waals surface area contributed by atoms with Crippen LogP contribution in [0.2, 0.25) is 0 Å². The molecule has 2 aromatic rings. The SMILES string of the molecule is CC(C)(C)C(CC(=O)Cc1csc(-c2cccc(Br)c2)n1)C(=O)O. The van der Waals surface area contributed by atoms with Crippen LogP contribution in [0.15, 0.2) is 34.1 Å². The molecule has 0 amide bonds. The third kappa shape index (κ3) is 4.98. The van der Waals surface area contributed by atoms with Crippen LogP contribution in [0.3, 0.4) is 0 Å². The van der Waals surface area contributed by atoms with Crippen LogP contribution in [0, 0.1) is 11.3 Å². The summed E-state index contributed by atoms with van der Waals surface area (Å²) in [4.78, 5) is 28.2. The fourth-order valence-corrected chi connectivity index (χ4v) is 3.62. The van der Waals surface area contributed by atoms with Gasteiger partial charge >= 0.3 is 5.97 Å². The van der Waals surface area contributed by atoms with Crippen molar-refractivity contribution in [2.24, 2.45) is 11.3 Å². The van der Waals surface area contributed by atoms with Crippen LogP contribution in [0.1, 0.15) is 32.9 Å². The van der Waals surface area contributed by atoms with Crippen molar-refractivity contribution in [1.29, 1.82) is 0 Å². The van der Waals surface area contributed by atoms with E-state index in [2.05, 4.69) is 20.9 Å². The Balaban J connectivity index is 2.06. The predicted octanol–water partition coefficient (Wildman–Crippen LogP) is 4.82. The average molecular weight is 410 g/mol. The molecule has 6 heteroatoms. The Morgan fingerprint density at radius 3 is 2.62 bits per heavy atom. The molecule has 0 bridgehead atoms. The molecule has 2 rings (SSSR count). The van der Waals surface area contributed by atoms with E-state index in [1.54, 1.807) is 0 Å². The van der Waals surface area contributed by atoms with Crippen molar-refractivity contribution < 1.29 is 14.7 Å². The molecule has 24 heavy (non-hydrogen) atoms. The van der Waals surface area contributed by atoms with Gasteiger partial charge in [-0.25, -0.2) is 4.98 Å². The summed E-state index contributed by atoms with van der Waals surface area (Å²) in [5.74, 6) is -1.71. The van der Waals surface area contributed by atoms with Gasteiger partial charge in [0.05, 0.1) is 11.6 Å². The number of aromatic nitrogens is 1. The van der Waals surface area contributed by atoms with Gasteiger partial charge in [0.2, 0.25) is 0 Å². The highest BCUT2D eigenvalue weighted by Crippen LogP contribution is 2.30. The molecular weight excluding hydrogens is 390 g/mol. The molecule has 1 heterocycles. The number of ketones is 1. The van der Waals surface area contributed by atoms with Crippen LogP contribution in [-0.2, 0) is 16.0 Å². The lowest BCUT2D eigenvalue weighted by Gasteiger charge is -2.26. The fraction of sp³-hybridized carbons (Fsp3) is 0.389. The number of hydrogen-bond acceptors (Lipinski definition) is 4. The van der Waals surface area contributed by atoms with E-state index in [0.717, 1.165) is 15.0 Å². The number of Topliss-reactive ketones (excluding diaryl/α,β-unsaturated/α-hetero) is 1. The minimum Gasteiger partial charge on any atom is -0.481 e. The quantitative estimate of drug-likeness (QED) is 0.742. The number of nitrogens with zero attached hydrogens (tertiary/aromatic N) is 1. The van der Waals surface area contributed by atoms with E-state index in [1.165, 1.54) is 11.3 Å². The van der Waals surface area contributed by atoms with E-state index in [0.29, 0.717) is 5.69 Å². The summed E-state index contributed by atoms with van der Waals surface area (Å²) >= 11 is 4.92. The maximum absolute atomic E-state index is 12.3. The predicted molar refractivity (Wildman–Crippen MR) is 99.2 cm³/mol. The molecule has 0 spiro atoms. The van der Waals surface area contributed by atoms with Gasteiger partial charge in [-0.3, -0.25) is 9.59 Å². The number of halogens is 1. The van der Waals surface area contributed by atoms with Crippen molar-refractivity contribution in [2.45, 2.75) is 33.6 Å². The first-order valence-corrected chi connectivity index (χ1v) is 9.29. The van der Waals surface area contributed by atoms with Crippen LogP contribution in [-0.4, -0.2) is 21.8 Å². The Kier molecular flexibility index (Phi) is 5.93. The van der Waals surface area contributed by atoms with Gasteiger partial charge < -0.3 is 5.11 Å². The standard InChI is InChI=1S/C18H20BrNO3S/c1-18(2,3)15(17(22)23)9-14(21)8-13-10-24-16(20-13)11-5-4-6-12(19)7-11/h4-7,10,15H,8-9H2,1-3H3,(H,22,23). The van der Waals surface area contributed by atoms with Gasteiger partial charge in [-0.2, -0.15) is 0 Å². The van der Waals surface area contributed by atoms with E-state index in [-0.39, 0.29) is 18.6 Å². The van der Waals surface area contributed by atoms with Crippen LogP contribution in [0.25, 0.3) is 10.6 Å². The number of carboxylic acids is 1. The van der Waals surface area contributed by atoms with E-state index in [4.69, 9.17) is 0 Å². The van der Waals surface area contributed by atoms with E-state index in [9.17, 15) is 14.7 Å². The number of carbonyl (C=O) groups excluding carboxylic acids is 1. The van der Waals surface area contributed by atoms with Crippen LogP contribution in [0.4, 0.5) is 0 Å². The van der Waals surface area contributed by atoms with Gasteiger partial charge in [-0.15, -0.1) is 11.3 Å². The van der Waals surface area contributed by atoms with E-state index in [1.807, 2.05) is 50.4 Å². The Hall–Kier alpha value is -1.53. The summed E-state index contributed by atoms with van der Waals surface area (Å²) in [6.45, 7) is 5.52. The van der Waals surface area contributed by atoms with E-state index < -0.39 is 17.3 Å². The minimum atomic E-state index is -0.927. The highest BCUT2D eigenvalue weighted by atomic mass is 79.9. The van der Waals surface area contributed by atoms with Crippen molar-refractivity contribution in [3.8, 4) is 10.6 Å². The molecule has 1 atom stereocenters. The second-order valence-electron chi connectivity index (χ2n) is 6.83. The maximum Gasteiger partial charge on any atom is 0.307 e. The number of rotatable bonds is 6. The molecule has 1 N–H and O–H groups in total. The fourth-order valence-electron chi connectivity index (χ4n) is 2.41. The average Bonchev–Trinajstić information content (AvgIpc) is 2.91. The minimum absolute atomic E-state index is 0.0303. The van der Waals surface area contributed by atoms with Gasteiger partial charge in [0, 0.05) is 28.3 Å². The van der Waals surface area contributed by atoms with Crippen LogP contribution < -0.4 is 0 Å². The highest BCUT2D eigenvalue weighted by Gasteiger charge is 2.33. The van der Waals surface area contributed by atoms with Gasteiger partial charge in [0.15, 0.2) is 0 Å². The zero-order valence-corrected chi connectivity index (χ0v) is 16.3. The Morgan fingerprint density at radius 1 is 1.33 bits per heavy atom. The molecule has 1 unspecified atom stereocenters. The third-order valence-corrected chi connectivity index (χ3v) is 5.21. The van der Waals surface area contributed by atoms with Crippen molar-refractivity contribution in [1.82, 2.24) is 4.98 Å². The number of aliphatic carboxylic acids is 1. The second kappa shape index (κ2) is 7.57. The first-order chi connectivity index (χ1) is 11.2. The molecule has 4 nitrogen and oxygen atoms in total. The van der Waals surface area contributed by atoms with Gasteiger partial charge in [0.25, 0.3) is 0 Å². The van der Waals surface area contributed by atoms with Gasteiger partial charge in [-0.1, -0.05) is 48.8 Å². The summed E-state index contributed by atoms with van der Waals surface area (Å²) in [5, 5.41) is 12.0. The smallest absolute Gasteiger partial charge is 0.307 e. The molecule has 0 saturated carbocycles. The third-order valence-electron chi connectivity index (χ3n) is 3.78. The number of thiazole rings is 1. The summed E-state index contributed by atoms with van der Waals surface area (Å²) in [7, 11) is 0. The van der Waals surface area contributed by atoms with Gasteiger partial charge in [0.1, 0.15) is 10.8 Å². The molecule has 0 aliphatic carbocycles. The molecular formula is C18H20BrNO3S. The van der Waals surface area contributed by atoms with Crippen molar-refractivity contribution >= 4 is 39.0 Å². The van der Waals surface area contributed by atoms with Crippen molar-refractivity contribution in [3.63, 3.8) is 0 Å². The molecule has 1 aromatic heterocycles. The summed E-state index contributed by atoms with van der Waals surface area (Å²) in [6.07, 6.45) is 0.201. The number of carbonyl (C=O) groups is 2. The van der Waals surface area contributed by atoms with E-state index >= 15 is 0 Å². The summed E-state index contributed by atoms with van der Waals surface area (Å²) in [6, 6.07) is 7.83. The zero-order valence-electron chi connectivity index (χ0n) is 13.9. The Bertz CT molecular complexity index is 749. The largest absolute Gasteiger partial charge is 0.481 e. The van der Waals surface area contributed by atoms with Crippen molar-refractivity contribution in [2.75, 3.05) is 0 Å². The second-order valence-corrected chi connectivity index (χ2v) is 8.60. The number of benzene rings is 1. The van der Waals surface area contributed by atoms with Gasteiger partial charge in [-0.05, 0) is 17.5 Å². The lowest BCUT2D eigenvalue weighted by Crippen LogP contribution is -2.31. The number of carboxylic acid groups (broad SMARTS) is 1. The number of hydrogen-bond donors (Lipinski definition) is 1. The lowest BCUT2D eigenvalue weighted by atomic mass is 9.77. The lowest BCUT2D eigenvalue weighted by molar-refractivity contribution is -0.147. The Morgan fingerprint density at radius 2 is 2.04 bits per heavy atom. The Labute approximate surface area is 154 Å². The molecule has 0 fully saturated rings. The summed E-state index contributed by atoms with van der Waals surface area (Å²) < 4.78 is 0.974. The normalized spacial score (nSPS) is 12.8. The molecule has 1 aromatic carbocycles. The molecule has 128 valence electrons. The van der Waals surface area contributed by atoms with Crippen molar-refractivity contribution in [3.05, 3.63) is 39.8 Å². The molecule has 0 saturated heterocycles.